The minimum atomic E-state index is 0.0628. The summed E-state index contributed by atoms with van der Waals surface area (Å²) in [6.07, 6.45) is 6.13. The molecule has 120 valence electrons. The first kappa shape index (κ1) is 14.5. The molecular weight excluding hydrogens is 272 g/mol. The molecule has 3 heteroatoms. The summed E-state index contributed by atoms with van der Waals surface area (Å²) in [6.45, 7) is 7.06. The SMILES string of the molecule is CC1CCN(C2CC3(CCNCC3)Oc3ccccc32)CC1. The molecule has 3 nitrogen and oxygen atoms in total. The van der Waals surface area contributed by atoms with E-state index in [1.54, 1.807) is 0 Å². The zero-order valence-corrected chi connectivity index (χ0v) is 13.7. The fourth-order valence-electron chi connectivity index (χ4n) is 4.44. The normalized spacial score (nSPS) is 29.0. The van der Waals surface area contributed by atoms with Crippen LogP contribution in [0.3, 0.4) is 0 Å². The fourth-order valence-corrected chi connectivity index (χ4v) is 4.44. The Labute approximate surface area is 134 Å². The molecule has 1 aromatic rings. The van der Waals surface area contributed by atoms with Gasteiger partial charge in [0.25, 0.3) is 0 Å². The number of benzene rings is 1. The molecule has 2 saturated heterocycles. The second kappa shape index (κ2) is 5.86. The molecule has 4 rings (SSSR count). The minimum Gasteiger partial charge on any atom is -0.487 e. The number of ether oxygens (including phenoxy) is 1. The largest absolute Gasteiger partial charge is 0.487 e. The van der Waals surface area contributed by atoms with Gasteiger partial charge in [-0.15, -0.1) is 0 Å². The average molecular weight is 300 g/mol. The quantitative estimate of drug-likeness (QED) is 0.860. The summed E-state index contributed by atoms with van der Waals surface area (Å²) in [7, 11) is 0. The Morgan fingerprint density at radius 3 is 2.64 bits per heavy atom. The molecule has 0 amide bonds. The molecule has 3 aliphatic rings. The third kappa shape index (κ3) is 2.65. The van der Waals surface area contributed by atoms with E-state index in [4.69, 9.17) is 4.74 Å². The lowest BCUT2D eigenvalue weighted by Gasteiger charge is -2.48. The Morgan fingerprint density at radius 2 is 1.86 bits per heavy atom. The molecule has 0 aliphatic carbocycles. The second-order valence-corrected chi connectivity index (χ2v) is 7.51. The Morgan fingerprint density at radius 1 is 1.14 bits per heavy atom. The van der Waals surface area contributed by atoms with E-state index in [1.165, 1.54) is 37.9 Å². The number of hydrogen-bond acceptors (Lipinski definition) is 3. The lowest BCUT2D eigenvalue weighted by molar-refractivity contribution is -0.0253. The van der Waals surface area contributed by atoms with Gasteiger partial charge in [0.05, 0.1) is 0 Å². The average Bonchev–Trinajstić information content (AvgIpc) is 2.56. The molecule has 1 aromatic carbocycles. The van der Waals surface area contributed by atoms with Crippen LogP contribution >= 0.6 is 0 Å². The standard InChI is InChI=1S/C19H28N2O/c1-15-6-12-21(13-7-15)17-14-19(8-10-20-11-9-19)22-18-5-3-2-4-16(17)18/h2-5,15,17,20H,6-14H2,1H3. The highest BCUT2D eigenvalue weighted by atomic mass is 16.5. The van der Waals surface area contributed by atoms with E-state index in [0.717, 1.165) is 37.6 Å². The van der Waals surface area contributed by atoms with Crippen molar-refractivity contribution in [3.05, 3.63) is 29.8 Å². The van der Waals surface area contributed by atoms with Crippen molar-refractivity contribution in [1.82, 2.24) is 10.2 Å². The van der Waals surface area contributed by atoms with Gasteiger partial charge in [-0.25, -0.2) is 0 Å². The maximum absolute atomic E-state index is 6.54. The van der Waals surface area contributed by atoms with Gasteiger partial charge in [-0.1, -0.05) is 25.1 Å². The lowest BCUT2D eigenvalue weighted by Crippen LogP contribution is -2.52. The van der Waals surface area contributed by atoms with E-state index in [0.29, 0.717) is 6.04 Å². The predicted octanol–water partition coefficient (Wildman–Crippen LogP) is 3.36. The van der Waals surface area contributed by atoms with E-state index in [2.05, 4.69) is 41.4 Å². The summed E-state index contributed by atoms with van der Waals surface area (Å²) in [5, 5.41) is 3.49. The number of hydrogen-bond donors (Lipinski definition) is 1. The van der Waals surface area contributed by atoms with E-state index < -0.39 is 0 Å². The molecule has 22 heavy (non-hydrogen) atoms. The summed E-state index contributed by atoms with van der Waals surface area (Å²) in [4.78, 5) is 2.73. The first-order valence-electron chi connectivity index (χ1n) is 8.98. The van der Waals surface area contributed by atoms with E-state index >= 15 is 0 Å². The third-order valence-electron chi connectivity index (χ3n) is 5.94. The van der Waals surface area contributed by atoms with Crippen LogP contribution in [0.5, 0.6) is 5.75 Å². The van der Waals surface area contributed by atoms with Crippen LogP contribution < -0.4 is 10.1 Å². The van der Waals surface area contributed by atoms with Crippen LogP contribution in [0.15, 0.2) is 24.3 Å². The van der Waals surface area contributed by atoms with Crippen LogP contribution in [0.25, 0.3) is 0 Å². The number of fused-ring (bicyclic) bond motifs is 1. The fraction of sp³-hybridized carbons (Fsp3) is 0.684. The summed E-state index contributed by atoms with van der Waals surface area (Å²) < 4.78 is 6.54. The van der Waals surface area contributed by atoms with Crippen LogP contribution in [0.2, 0.25) is 0 Å². The summed E-state index contributed by atoms with van der Waals surface area (Å²) in [5.74, 6) is 2.03. The van der Waals surface area contributed by atoms with Crippen LogP contribution in [-0.4, -0.2) is 36.7 Å². The molecule has 1 N–H and O–H groups in total. The Bertz CT molecular complexity index is 516. The van der Waals surface area contributed by atoms with Gasteiger partial charge in [-0.2, -0.15) is 0 Å². The molecule has 0 bridgehead atoms. The summed E-state index contributed by atoms with van der Waals surface area (Å²) >= 11 is 0. The maximum atomic E-state index is 6.54. The molecule has 0 aromatic heterocycles. The Balaban J connectivity index is 1.63. The minimum absolute atomic E-state index is 0.0628. The van der Waals surface area contributed by atoms with Gasteiger partial charge >= 0.3 is 0 Å². The van der Waals surface area contributed by atoms with Gasteiger partial charge in [0.15, 0.2) is 0 Å². The van der Waals surface area contributed by atoms with Crippen molar-refractivity contribution in [2.45, 2.75) is 50.7 Å². The topological polar surface area (TPSA) is 24.5 Å². The number of rotatable bonds is 1. The summed E-state index contributed by atoms with van der Waals surface area (Å²) in [5.41, 5.74) is 1.48. The van der Waals surface area contributed by atoms with Gasteiger partial charge in [0.1, 0.15) is 11.4 Å². The van der Waals surface area contributed by atoms with Crippen LogP contribution in [0, 0.1) is 5.92 Å². The van der Waals surface area contributed by atoms with Crippen molar-refractivity contribution >= 4 is 0 Å². The Hall–Kier alpha value is -1.06. The maximum Gasteiger partial charge on any atom is 0.124 e. The van der Waals surface area contributed by atoms with Crippen molar-refractivity contribution in [2.24, 2.45) is 5.92 Å². The number of piperidine rings is 2. The molecule has 0 radical (unpaired) electrons. The van der Waals surface area contributed by atoms with Crippen molar-refractivity contribution in [1.29, 1.82) is 0 Å². The number of nitrogens with zero attached hydrogens (tertiary/aromatic N) is 1. The molecule has 3 heterocycles. The van der Waals surface area contributed by atoms with Gasteiger partial charge in [0, 0.05) is 18.0 Å². The zero-order chi connectivity index (χ0) is 15.0. The van der Waals surface area contributed by atoms with E-state index in [9.17, 15) is 0 Å². The highest BCUT2D eigenvalue weighted by Gasteiger charge is 2.43. The Kier molecular flexibility index (Phi) is 3.87. The number of likely N-dealkylation sites (tertiary alicyclic amines) is 1. The number of para-hydroxylation sites is 1. The van der Waals surface area contributed by atoms with Crippen molar-refractivity contribution in [3.63, 3.8) is 0 Å². The van der Waals surface area contributed by atoms with Crippen molar-refractivity contribution in [2.75, 3.05) is 26.2 Å². The monoisotopic (exact) mass is 300 g/mol. The third-order valence-corrected chi connectivity index (χ3v) is 5.94. The van der Waals surface area contributed by atoms with Crippen molar-refractivity contribution < 1.29 is 4.74 Å². The molecule has 3 aliphatic heterocycles. The summed E-state index contributed by atoms with van der Waals surface area (Å²) in [6, 6.07) is 9.30. The molecule has 2 fully saturated rings. The zero-order valence-electron chi connectivity index (χ0n) is 13.7. The number of nitrogens with one attached hydrogen (secondary N) is 1. The first-order chi connectivity index (χ1) is 10.8. The van der Waals surface area contributed by atoms with Gasteiger partial charge in [-0.05, 0) is 63.8 Å². The molecule has 1 atom stereocenters. The van der Waals surface area contributed by atoms with Crippen LogP contribution in [-0.2, 0) is 0 Å². The van der Waals surface area contributed by atoms with Crippen LogP contribution in [0.1, 0.15) is 50.6 Å². The lowest BCUT2D eigenvalue weighted by atomic mass is 9.80. The van der Waals surface area contributed by atoms with Gasteiger partial charge in [0.2, 0.25) is 0 Å². The smallest absolute Gasteiger partial charge is 0.124 e. The first-order valence-corrected chi connectivity index (χ1v) is 8.98. The molecule has 0 saturated carbocycles. The molecule has 1 spiro atoms. The molecular formula is C19H28N2O. The van der Waals surface area contributed by atoms with Crippen LogP contribution in [0.4, 0.5) is 0 Å². The molecule has 1 unspecified atom stereocenters. The van der Waals surface area contributed by atoms with E-state index in [-0.39, 0.29) is 5.60 Å². The van der Waals surface area contributed by atoms with Gasteiger partial charge in [-0.3, -0.25) is 4.90 Å². The predicted molar refractivity (Wildman–Crippen MR) is 89.2 cm³/mol. The second-order valence-electron chi connectivity index (χ2n) is 7.51. The van der Waals surface area contributed by atoms with Crippen molar-refractivity contribution in [3.8, 4) is 5.75 Å². The highest BCUT2D eigenvalue weighted by molar-refractivity contribution is 5.39. The van der Waals surface area contributed by atoms with Gasteiger partial charge < -0.3 is 10.1 Å². The highest BCUT2D eigenvalue weighted by Crippen LogP contribution is 2.46. The van der Waals surface area contributed by atoms with E-state index in [1.807, 2.05) is 0 Å².